The van der Waals surface area contributed by atoms with Crippen molar-refractivity contribution in [3.05, 3.63) is 75.2 Å². The summed E-state index contributed by atoms with van der Waals surface area (Å²) in [5, 5.41) is 9.04. The highest BCUT2D eigenvalue weighted by atomic mass is 35.5. The lowest BCUT2D eigenvalue weighted by atomic mass is 9.98. The van der Waals surface area contributed by atoms with Gasteiger partial charge in [-0.1, -0.05) is 35.9 Å². The van der Waals surface area contributed by atoms with Crippen LogP contribution in [-0.2, 0) is 0 Å². The van der Waals surface area contributed by atoms with E-state index in [2.05, 4.69) is 9.97 Å². The average molecular weight is 340 g/mol. The first-order valence-corrected chi connectivity index (χ1v) is 7.43. The van der Waals surface area contributed by atoms with Crippen LogP contribution in [0.25, 0.3) is 22.3 Å². The van der Waals surface area contributed by atoms with Crippen molar-refractivity contribution >= 4 is 11.6 Å². The zero-order chi connectivity index (χ0) is 17.3. The molecule has 24 heavy (non-hydrogen) atoms. The molecule has 0 radical (unpaired) electrons. The molecule has 6 heteroatoms. The van der Waals surface area contributed by atoms with Gasteiger partial charge in [0.05, 0.1) is 0 Å². The van der Waals surface area contributed by atoms with E-state index in [4.69, 9.17) is 11.6 Å². The molecule has 4 nitrogen and oxygen atoms in total. The van der Waals surface area contributed by atoms with Crippen molar-refractivity contribution in [1.29, 1.82) is 5.26 Å². The number of hydrogen-bond donors (Lipinski definition) is 1. The van der Waals surface area contributed by atoms with Gasteiger partial charge < -0.3 is 4.98 Å². The highest BCUT2D eigenvalue weighted by Gasteiger charge is 2.11. The van der Waals surface area contributed by atoms with E-state index in [1.54, 1.807) is 37.3 Å². The normalized spacial score (nSPS) is 10.4. The molecule has 0 aliphatic heterocycles. The molecular formula is C18H11ClFN3O. The monoisotopic (exact) mass is 339 g/mol. The third kappa shape index (κ3) is 2.92. The quantitative estimate of drug-likeness (QED) is 0.715. The lowest BCUT2D eigenvalue weighted by molar-refractivity contribution is 0.622. The first kappa shape index (κ1) is 15.9. The maximum Gasteiger partial charge on any atom is 0.266 e. The molecule has 0 saturated carbocycles. The number of pyridine rings is 2. The van der Waals surface area contributed by atoms with Crippen molar-refractivity contribution in [1.82, 2.24) is 9.97 Å². The molecule has 0 fully saturated rings. The van der Waals surface area contributed by atoms with E-state index in [9.17, 15) is 14.4 Å². The van der Waals surface area contributed by atoms with Crippen molar-refractivity contribution in [2.45, 2.75) is 6.92 Å². The topological polar surface area (TPSA) is 69.5 Å². The number of nitrogens with zero attached hydrogens (tertiary/aromatic N) is 2. The van der Waals surface area contributed by atoms with E-state index in [-0.39, 0.29) is 10.7 Å². The molecule has 1 N–H and O–H groups in total. The molecule has 3 rings (SSSR count). The number of benzene rings is 1. The lowest BCUT2D eigenvalue weighted by Gasteiger charge is -2.07. The lowest BCUT2D eigenvalue weighted by Crippen LogP contribution is -2.12. The first-order chi connectivity index (χ1) is 11.5. The summed E-state index contributed by atoms with van der Waals surface area (Å²) in [6.45, 7) is 1.75. The third-order valence-electron chi connectivity index (χ3n) is 3.61. The van der Waals surface area contributed by atoms with Crippen LogP contribution in [0.2, 0.25) is 5.15 Å². The van der Waals surface area contributed by atoms with E-state index in [0.717, 1.165) is 11.1 Å². The van der Waals surface area contributed by atoms with Crippen LogP contribution in [0.5, 0.6) is 0 Å². The molecule has 0 aliphatic rings. The van der Waals surface area contributed by atoms with Gasteiger partial charge in [-0.05, 0) is 30.2 Å². The second-order valence-electron chi connectivity index (χ2n) is 5.26. The predicted molar refractivity (Wildman–Crippen MR) is 90.1 cm³/mol. The van der Waals surface area contributed by atoms with Gasteiger partial charge in [0.2, 0.25) is 0 Å². The molecule has 118 valence electrons. The Bertz CT molecular complexity index is 1020. The van der Waals surface area contributed by atoms with Crippen molar-refractivity contribution < 1.29 is 4.39 Å². The fourth-order valence-electron chi connectivity index (χ4n) is 2.45. The Balaban J connectivity index is 2.06. The van der Waals surface area contributed by atoms with Crippen LogP contribution in [0.15, 0.2) is 47.4 Å². The van der Waals surface area contributed by atoms with Gasteiger partial charge in [0.25, 0.3) is 5.56 Å². The van der Waals surface area contributed by atoms with Gasteiger partial charge in [-0.3, -0.25) is 4.79 Å². The largest absolute Gasteiger partial charge is 0.325 e. The predicted octanol–water partition coefficient (Wildman–Crippen LogP) is 4.08. The van der Waals surface area contributed by atoms with Crippen LogP contribution in [0.3, 0.4) is 0 Å². The van der Waals surface area contributed by atoms with Gasteiger partial charge >= 0.3 is 0 Å². The molecule has 0 saturated heterocycles. The zero-order valence-corrected chi connectivity index (χ0v) is 13.4. The highest BCUT2D eigenvalue weighted by Crippen LogP contribution is 2.27. The van der Waals surface area contributed by atoms with Gasteiger partial charge in [0.15, 0.2) is 11.0 Å². The maximum absolute atomic E-state index is 13.5. The second kappa shape index (κ2) is 6.26. The highest BCUT2D eigenvalue weighted by molar-refractivity contribution is 6.29. The van der Waals surface area contributed by atoms with Gasteiger partial charge in [0, 0.05) is 23.0 Å². The summed E-state index contributed by atoms with van der Waals surface area (Å²) in [5.74, 6) is -0.588. The van der Waals surface area contributed by atoms with Gasteiger partial charge in [0.1, 0.15) is 11.6 Å². The van der Waals surface area contributed by atoms with Gasteiger partial charge in [-0.2, -0.15) is 5.26 Å². The van der Waals surface area contributed by atoms with E-state index >= 15 is 0 Å². The molecule has 1 aromatic carbocycles. The van der Waals surface area contributed by atoms with Gasteiger partial charge in [-0.15, -0.1) is 0 Å². The van der Waals surface area contributed by atoms with Crippen LogP contribution in [0.1, 0.15) is 11.3 Å². The number of nitriles is 1. The fourth-order valence-corrected chi connectivity index (χ4v) is 2.55. The van der Waals surface area contributed by atoms with Crippen LogP contribution >= 0.6 is 11.6 Å². The van der Waals surface area contributed by atoms with Crippen LogP contribution in [0, 0.1) is 24.1 Å². The fraction of sp³-hybridized carbons (Fsp3) is 0.0556. The smallest absolute Gasteiger partial charge is 0.266 e. The summed E-state index contributed by atoms with van der Waals surface area (Å²) in [6.07, 6.45) is 1.48. The molecule has 3 aromatic rings. The van der Waals surface area contributed by atoms with E-state index < -0.39 is 11.4 Å². The molecule has 0 bridgehead atoms. The number of halogens is 2. The Labute approximate surface area is 142 Å². The zero-order valence-electron chi connectivity index (χ0n) is 12.6. The number of aryl methyl sites for hydroxylation is 1. The summed E-state index contributed by atoms with van der Waals surface area (Å²) in [4.78, 5) is 18.3. The van der Waals surface area contributed by atoms with Crippen LogP contribution in [0.4, 0.5) is 4.39 Å². The molecule has 0 aliphatic carbocycles. The van der Waals surface area contributed by atoms with E-state index in [1.807, 2.05) is 6.07 Å². The van der Waals surface area contributed by atoms with Crippen LogP contribution in [-0.4, -0.2) is 9.97 Å². The minimum Gasteiger partial charge on any atom is -0.325 e. The summed E-state index contributed by atoms with van der Waals surface area (Å²) in [5.41, 5.74) is 2.95. The Hall–Kier alpha value is -2.97. The molecule has 0 spiro atoms. The number of aromatic amines is 1. The minimum atomic E-state index is -0.588. The standard InChI is InChI=1S/C18H11ClFN3O/c1-10-6-14(15(8-21)18(24)23-10)12-4-2-11(3-5-12)13-7-16(20)17(19)22-9-13/h2-7,9H,1H3,(H,23,24). The Kier molecular flexibility index (Phi) is 4.15. The Morgan fingerprint density at radius 1 is 1.17 bits per heavy atom. The second-order valence-corrected chi connectivity index (χ2v) is 5.61. The number of H-pyrrole nitrogens is 1. The van der Waals surface area contributed by atoms with Crippen molar-refractivity contribution in [2.24, 2.45) is 0 Å². The first-order valence-electron chi connectivity index (χ1n) is 7.05. The molecule has 0 amide bonds. The number of hydrogen-bond acceptors (Lipinski definition) is 3. The van der Waals surface area contributed by atoms with Crippen molar-refractivity contribution in [3.8, 4) is 28.3 Å². The number of rotatable bonds is 2. The van der Waals surface area contributed by atoms with Crippen LogP contribution < -0.4 is 5.56 Å². The number of nitrogens with one attached hydrogen (secondary N) is 1. The summed E-state index contributed by atoms with van der Waals surface area (Å²) >= 11 is 5.59. The van der Waals surface area contributed by atoms with Gasteiger partial charge in [-0.25, -0.2) is 9.37 Å². The van der Waals surface area contributed by atoms with E-state index in [0.29, 0.717) is 16.8 Å². The third-order valence-corrected chi connectivity index (χ3v) is 3.88. The van der Waals surface area contributed by atoms with Crippen molar-refractivity contribution in [2.75, 3.05) is 0 Å². The Morgan fingerprint density at radius 2 is 1.83 bits per heavy atom. The molecule has 2 heterocycles. The maximum atomic E-state index is 13.5. The average Bonchev–Trinajstić information content (AvgIpc) is 2.57. The van der Waals surface area contributed by atoms with Crippen molar-refractivity contribution in [3.63, 3.8) is 0 Å². The Morgan fingerprint density at radius 3 is 2.46 bits per heavy atom. The molecule has 0 unspecified atom stereocenters. The van der Waals surface area contributed by atoms with E-state index in [1.165, 1.54) is 12.3 Å². The summed E-state index contributed by atoms with van der Waals surface area (Å²) < 4.78 is 13.5. The molecule has 2 aromatic heterocycles. The summed E-state index contributed by atoms with van der Waals surface area (Å²) in [7, 11) is 0. The molecule has 0 atom stereocenters. The molecular weight excluding hydrogens is 329 g/mol. The minimum absolute atomic E-state index is 0.0626. The SMILES string of the molecule is Cc1cc(-c2ccc(-c3cnc(Cl)c(F)c3)cc2)c(C#N)c(=O)[nH]1. The number of aromatic nitrogens is 2. The summed E-state index contributed by atoms with van der Waals surface area (Å²) in [6, 6.07) is 12.1.